The molecule has 13 heavy (non-hydrogen) atoms. The maximum Gasteiger partial charge on any atom is 0.311 e. The highest BCUT2D eigenvalue weighted by Crippen LogP contribution is 2.22. The first-order chi connectivity index (χ1) is 6.02. The molecule has 0 atom stereocenters. The van der Waals surface area contributed by atoms with Crippen molar-refractivity contribution in [3.63, 3.8) is 0 Å². The molecule has 0 unspecified atom stereocenters. The second-order valence-corrected chi connectivity index (χ2v) is 2.07. The van der Waals surface area contributed by atoms with Crippen molar-refractivity contribution in [1.82, 2.24) is 0 Å². The Morgan fingerprint density at radius 1 is 1.31 bits per heavy atom. The molecule has 1 aromatic carbocycles. The van der Waals surface area contributed by atoms with Crippen molar-refractivity contribution in [1.29, 1.82) is 0 Å². The van der Waals surface area contributed by atoms with Gasteiger partial charge in [0.1, 0.15) is 0 Å². The monoisotopic (exact) mass is 185 g/mol. The lowest BCUT2D eigenvalue weighted by atomic mass is 10.3. The van der Waals surface area contributed by atoms with Crippen molar-refractivity contribution in [2.75, 3.05) is 0 Å². The van der Waals surface area contributed by atoms with Crippen LogP contribution in [0.1, 0.15) is 0 Å². The predicted molar refractivity (Wildman–Crippen MR) is 38.5 cm³/mol. The van der Waals surface area contributed by atoms with Crippen molar-refractivity contribution in [3.8, 4) is 0 Å². The van der Waals surface area contributed by atoms with E-state index in [0.717, 1.165) is 0 Å². The Kier molecular flexibility index (Phi) is 2.18. The standard InChI is InChI=1S/C6H2FN2O4/c7-5-2-1-4(8(10)11)3-6(5)9(12)13/h2-3H. The van der Waals surface area contributed by atoms with Gasteiger partial charge in [0.05, 0.1) is 22.0 Å². The molecule has 0 saturated carbocycles. The molecule has 0 aliphatic rings. The summed E-state index contributed by atoms with van der Waals surface area (Å²) in [6.07, 6.45) is 0. The molecule has 0 fully saturated rings. The van der Waals surface area contributed by atoms with Crippen LogP contribution in [0.4, 0.5) is 15.8 Å². The summed E-state index contributed by atoms with van der Waals surface area (Å²) in [6, 6.07) is 3.04. The lowest BCUT2D eigenvalue weighted by Crippen LogP contribution is -1.95. The molecular weight excluding hydrogens is 183 g/mol. The van der Waals surface area contributed by atoms with Crippen LogP contribution in [0.25, 0.3) is 0 Å². The average molecular weight is 185 g/mol. The molecule has 6 nitrogen and oxygen atoms in total. The molecule has 1 rings (SSSR count). The molecule has 0 amide bonds. The molecule has 1 radical (unpaired) electrons. The van der Waals surface area contributed by atoms with E-state index >= 15 is 0 Å². The number of nitro groups is 2. The second kappa shape index (κ2) is 3.13. The highest BCUT2D eigenvalue weighted by atomic mass is 19.1. The Hall–Kier alpha value is -2.05. The summed E-state index contributed by atoms with van der Waals surface area (Å²) in [5.74, 6) is -1.14. The van der Waals surface area contributed by atoms with Gasteiger partial charge in [-0.3, -0.25) is 20.2 Å². The Bertz CT molecular complexity index is 379. The summed E-state index contributed by atoms with van der Waals surface area (Å²) in [6.45, 7) is 0. The number of benzene rings is 1. The van der Waals surface area contributed by atoms with Gasteiger partial charge in [0, 0.05) is 0 Å². The SMILES string of the molecule is O=[N+]([O-])c1[c]cc(F)c([N+](=O)[O-])c1. The van der Waals surface area contributed by atoms with Crippen LogP contribution in [-0.4, -0.2) is 9.85 Å². The van der Waals surface area contributed by atoms with Crippen LogP contribution in [0.2, 0.25) is 0 Å². The fourth-order valence-electron chi connectivity index (χ4n) is 0.697. The Balaban J connectivity index is 3.27. The number of nitro benzene ring substituents is 2. The summed E-state index contributed by atoms with van der Waals surface area (Å²) in [5, 5.41) is 20.2. The number of hydrogen-bond donors (Lipinski definition) is 0. The van der Waals surface area contributed by atoms with Gasteiger partial charge in [-0.05, 0) is 6.07 Å². The fourth-order valence-corrected chi connectivity index (χ4v) is 0.697. The molecule has 1 aromatic rings. The van der Waals surface area contributed by atoms with Gasteiger partial charge in [-0.1, -0.05) is 0 Å². The van der Waals surface area contributed by atoms with Gasteiger partial charge in [0.25, 0.3) is 5.69 Å². The molecular formula is C6H2FN2O4. The van der Waals surface area contributed by atoms with Gasteiger partial charge in [-0.15, -0.1) is 0 Å². The molecule has 0 N–H and O–H groups in total. The molecule has 0 heterocycles. The van der Waals surface area contributed by atoms with Crippen molar-refractivity contribution in [3.05, 3.63) is 44.2 Å². The summed E-state index contributed by atoms with van der Waals surface area (Å²) in [4.78, 5) is 18.3. The van der Waals surface area contributed by atoms with Gasteiger partial charge in [0.15, 0.2) is 0 Å². The molecule has 67 valence electrons. The number of halogens is 1. The zero-order chi connectivity index (χ0) is 10.0. The van der Waals surface area contributed by atoms with E-state index < -0.39 is 27.0 Å². The van der Waals surface area contributed by atoms with Gasteiger partial charge < -0.3 is 0 Å². The van der Waals surface area contributed by atoms with E-state index in [1.165, 1.54) is 0 Å². The van der Waals surface area contributed by atoms with E-state index in [2.05, 4.69) is 0 Å². The second-order valence-electron chi connectivity index (χ2n) is 2.07. The summed E-state index contributed by atoms with van der Waals surface area (Å²) >= 11 is 0. The predicted octanol–water partition coefficient (Wildman–Crippen LogP) is 1.44. The Morgan fingerprint density at radius 2 is 1.92 bits per heavy atom. The minimum Gasteiger partial charge on any atom is -0.258 e. The van der Waals surface area contributed by atoms with E-state index in [-0.39, 0.29) is 0 Å². The average Bonchev–Trinajstić information content (AvgIpc) is 2.04. The highest BCUT2D eigenvalue weighted by molar-refractivity contribution is 5.42. The third-order valence-corrected chi connectivity index (χ3v) is 1.26. The molecule has 0 spiro atoms. The zero-order valence-electron chi connectivity index (χ0n) is 6.06. The van der Waals surface area contributed by atoms with Crippen LogP contribution < -0.4 is 0 Å². The van der Waals surface area contributed by atoms with Crippen LogP contribution in [0, 0.1) is 32.1 Å². The largest absolute Gasteiger partial charge is 0.311 e. The molecule has 0 saturated heterocycles. The molecule has 0 aromatic heterocycles. The maximum absolute atomic E-state index is 12.6. The van der Waals surface area contributed by atoms with E-state index in [4.69, 9.17) is 0 Å². The molecule has 7 heteroatoms. The van der Waals surface area contributed by atoms with E-state index in [1.807, 2.05) is 6.07 Å². The van der Waals surface area contributed by atoms with Gasteiger partial charge in [-0.25, -0.2) is 0 Å². The number of rotatable bonds is 2. The first kappa shape index (κ1) is 9.04. The summed E-state index contributed by atoms with van der Waals surface area (Å²) in [7, 11) is 0. The third kappa shape index (κ3) is 1.75. The van der Waals surface area contributed by atoms with Crippen LogP contribution >= 0.6 is 0 Å². The Morgan fingerprint density at radius 3 is 2.38 bits per heavy atom. The number of non-ortho nitro benzene ring substituents is 1. The van der Waals surface area contributed by atoms with Crippen molar-refractivity contribution >= 4 is 11.4 Å². The first-order valence-corrected chi connectivity index (χ1v) is 3.02. The molecule has 0 aliphatic carbocycles. The summed E-state index contributed by atoms with van der Waals surface area (Å²) in [5.41, 5.74) is -1.56. The Labute approximate surface area is 70.9 Å². The minimum absolute atomic E-state index is 0.523. The quantitative estimate of drug-likeness (QED) is 0.515. The lowest BCUT2D eigenvalue weighted by Gasteiger charge is -1.92. The van der Waals surface area contributed by atoms with Gasteiger partial charge >= 0.3 is 5.69 Å². The number of nitrogens with zero attached hydrogens (tertiary/aromatic N) is 2. The lowest BCUT2D eigenvalue weighted by molar-refractivity contribution is -0.396. The third-order valence-electron chi connectivity index (χ3n) is 1.26. The maximum atomic E-state index is 12.6. The van der Waals surface area contributed by atoms with Crippen LogP contribution in [-0.2, 0) is 0 Å². The topological polar surface area (TPSA) is 86.3 Å². The molecule has 0 aliphatic heterocycles. The zero-order valence-corrected chi connectivity index (χ0v) is 6.06. The van der Waals surface area contributed by atoms with E-state index in [0.29, 0.717) is 12.1 Å². The van der Waals surface area contributed by atoms with E-state index in [9.17, 15) is 24.6 Å². The van der Waals surface area contributed by atoms with Crippen LogP contribution in [0.15, 0.2) is 12.1 Å². The smallest absolute Gasteiger partial charge is 0.258 e. The van der Waals surface area contributed by atoms with Gasteiger partial charge in [-0.2, -0.15) is 4.39 Å². The van der Waals surface area contributed by atoms with Crippen molar-refractivity contribution in [2.24, 2.45) is 0 Å². The van der Waals surface area contributed by atoms with Crippen molar-refractivity contribution < 1.29 is 14.2 Å². The minimum atomic E-state index is -1.14. The highest BCUT2D eigenvalue weighted by Gasteiger charge is 2.19. The van der Waals surface area contributed by atoms with Crippen LogP contribution in [0.3, 0.4) is 0 Å². The number of hydrogen-bond acceptors (Lipinski definition) is 4. The fraction of sp³-hybridized carbons (Fsp3) is 0. The van der Waals surface area contributed by atoms with Crippen molar-refractivity contribution in [2.45, 2.75) is 0 Å². The summed E-state index contributed by atoms with van der Waals surface area (Å²) < 4.78 is 12.6. The van der Waals surface area contributed by atoms with Crippen LogP contribution in [0.5, 0.6) is 0 Å². The molecule has 0 bridgehead atoms. The normalized spacial score (nSPS) is 9.62. The van der Waals surface area contributed by atoms with E-state index in [1.54, 1.807) is 0 Å². The first-order valence-electron chi connectivity index (χ1n) is 3.02. The van der Waals surface area contributed by atoms with Gasteiger partial charge in [0.2, 0.25) is 5.82 Å².